The lowest BCUT2D eigenvalue weighted by Crippen LogP contribution is -2.54. The molecule has 4 aliphatic carbocycles. The molecule has 0 bridgehead atoms. The molecule has 5 rings (SSSR count). The van der Waals surface area contributed by atoms with Crippen LogP contribution < -0.4 is 0 Å². The molecule has 136 valence electrons. The van der Waals surface area contributed by atoms with Gasteiger partial charge < -0.3 is 4.74 Å². The summed E-state index contributed by atoms with van der Waals surface area (Å²) in [7, 11) is 0. The van der Waals surface area contributed by atoms with Crippen LogP contribution in [-0.2, 0) is 14.3 Å². The number of rotatable bonds is 0. The summed E-state index contributed by atoms with van der Waals surface area (Å²) in [6.07, 6.45) is 12.3. The van der Waals surface area contributed by atoms with Crippen molar-refractivity contribution in [1.29, 1.82) is 0 Å². The maximum absolute atomic E-state index is 11.9. The normalized spacial score (nSPS) is 51.6. The van der Waals surface area contributed by atoms with Crippen LogP contribution in [0.25, 0.3) is 0 Å². The largest absolute Gasteiger partial charge is 0.458 e. The number of carbonyl (C=O) groups excluding carboxylic acids is 2. The van der Waals surface area contributed by atoms with Crippen LogP contribution in [0.5, 0.6) is 0 Å². The molecule has 3 saturated carbocycles. The quantitative estimate of drug-likeness (QED) is 0.605. The third-order valence-corrected chi connectivity index (χ3v) is 9.29. The van der Waals surface area contributed by atoms with Crippen molar-refractivity contribution in [3.05, 3.63) is 11.6 Å². The zero-order chi connectivity index (χ0) is 17.4. The minimum Gasteiger partial charge on any atom is -0.458 e. The number of esters is 1. The van der Waals surface area contributed by atoms with Gasteiger partial charge in [0.2, 0.25) is 0 Å². The molecular formula is C22H30O3. The van der Waals surface area contributed by atoms with E-state index in [1.807, 2.05) is 6.08 Å². The standard InChI is InChI=1S/C22H30O3/c1-20-9-5-15(23)13-14(20)3-4-16-17(20)6-10-21(2)18(16)7-11-22(21)12-8-19(24)25-22/h13,16-18H,3-12H2,1-2H3/t16-,17+,18-,20+,21-,22-/m1/s1. The highest BCUT2D eigenvalue weighted by atomic mass is 16.6. The van der Waals surface area contributed by atoms with Gasteiger partial charge in [0, 0.05) is 18.3 Å². The summed E-state index contributed by atoms with van der Waals surface area (Å²) < 4.78 is 6.01. The Kier molecular flexibility index (Phi) is 3.21. The Balaban J connectivity index is 1.49. The van der Waals surface area contributed by atoms with E-state index in [0.29, 0.717) is 24.0 Å². The van der Waals surface area contributed by atoms with Crippen molar-refractivity contribution in [2.75, 3.05) is 0 Å². The first-order valence-corrected chi connectivity index (χ1v) is 10.3. The Hall–Kier alpha value is -1.12. The average molecular weight is 342 g/mol. The van der Waals surface area contributed by atoms with Gasteiger partial charge in [0.1, 0.15) is 5.60 Å². The van der Waals surface area contributed by atoms with Gasteiger partial charge in [0.25, 0.3) is 0 Å². The van der Waals surface area contributed by atoms with Gasteiger partial charge in [-0.3, -0.25) is 9.59 Å². The molecule has 1 aliphatic heterocycles. The predicted octanol–water partition coefficient (Wildman–Crippen LogP) is 4.59. The molecule has 6 atom stereocenters. The minimum atomic E-state index is -0.167. The number of allylic oxidation sites excluding steroid dienone is 1. The molecule has 1 spiro atoms. The molecule has 5 aliphatic rings. The first-order valence-electron chi connectivity index (χ1n) is 10.3. The Labute approximate surface area is 150 Å². The van der Waals surface area contributed by atoms with E-state index in [-0.39, 0.29) is 22.4 Å². The average Bonchev–Trinajstić information content (AvgIpc) is 3.10. The van der Waals surface area contributed by atoms with Crippen LogP contribution in [-0.4, -0.2) is 17.4 Å². The number of ketones is 1. The van der Waals surface area contributed by atoms with Crippen LogP contribution >= 0.6 is 0 Å². The van der Waals surface area contributed by atoms with Crippen LogP contribution in [0.3, 0.4) is 0 Å². The van der Waals surface area contributed by atoms with Crippen molar-refractivity contribution in [2.24, 2.45) is 28.6 Å². The smallest absolute Gasteiger partial charge is 0.306 e. The van der Waals surface area contributed by atoms with Crippen molar-refractivity contribution in [3.63, 3.8) is 0 Å². The van der Waals surface area contributed by atoms with E-state index in [9.17, 15) is 9.59 Å². The van der Waals surface area contributed by atoms with E-state index in [0.717, 1.165) is 38.0 Å². The number of fused-ring (bicyclic) bond motifs is 6. The molecule has 4 fully saturated rings. The van der Waals surface area contributed by atoms with Crippen molar-refractivity contribution in [2.45, 2.75) is 83.7 Å². The lowest BCUT2D eigenvalue weighted by atomic mass is 9.46. The van der Waals surface area contributed by atoms with Gasteiger partial charge in [-0.15, -0.1) is 0 Å². The lowest BCUT2D eigenvalue weighted by Gasteiger charge is -2.59. The summed E-state index contributed by atoms with van der Waals surface area (Å²) in [5.41, 5.74) is 1.68. The van der Waals surface area contributed by atoms with Gasteiger partial charge in [-0.05, 0) is 80.6 Å². The Bertz CT molecular complexity index is 679. The number of carbonyl (C=O) groups is 2. The molecule has 1 heterocycles. The van der Waals surface area contributed by atoms with Crippen LogP contribution in [0.15, 0.2) is 11.6 Å². The highest BCUT2D eigenvalue weighted by Gasteiger charge is 2.66. The van der Waals surface area contributed by atoms with Gasteiger partial charge in [-0.1, -0.05) is 19.4 Å². The van der Waals surface area contributed by atoms with Gasteiger partial charge in [0.15, 0.2) is 5.78 Å². The summed E-state index contributed by atoms with van der Waals surface area (Å²) in [4.78, 5) is 23.8. The minimum absolute atomic E-state index is 0.0237. The van der Waals surface area contributed by atoms with Crippen molar-refractivity contribution >= 4 is 11.8 Å². The molecule has 3 nitrogen and oxygen atoms in total. The second kappa shape index (κ2) is 4.98. The summed E-state index contributed by atoms with van der Waals surface area (Å²) in [5.74, 6) is 2.51. The highest BCUT2D eigenvalue weighted by Crippen LogP contribution is 2.69. The first-order chi connectivity index (χ1) is 11.9. The molecule has 0 aromatic carbocycles. The first kappa shape index (κ1) is 16.1. The highest BCUT2D eigenvalue weighted by molar-refractivity contribution is 5.91. The topological polar surface area (TPSA) is 43.4 Å². The van der Waals surface area contributed by atoms with Gasteiger partial charge in [-0.2, -0.15) is 0 Å². The molecule has 3 heteroatoms. The molecule has 0 aromatic heterocycles. The molecule has 0 amide bonds. The third-order valence-electron chi connectivity index (χ3n) is 9.29. The van der Waals surface area contributed by atoms with E-state index in [2.05, 4.69) is 13.8 Å². The fourth-order valence-corrected chi connectivity index (χ4v) is 7.85. The van der Waals surface area contributed by atoms with E-state index >= 15 is 0 Å². The van der Waals surface area contributed by atoms with Crippen LogP contribution in [0, 0.1) is 28.6 Å². The fourth-order valence-electron chi connectivity index (χ4n) is 7.85. The van der Waals surface area contributed by atoms with Crippen molar-refractivity contribution in [3.8, 4) is 0 Å². The molecule has 0 N–H and O–H groups in total. The van der Waals surface area contributed by atoms with E-state index in [1.165, 1.54) is 31.3 Å². The second-order valence-electron chi connectivity index (χ2n) is 9.93. The summed E-state index contributed by atoms with van der Waals surface area (Å²) in [6, 6.07) is 0. The zero-order valence-electron chi connectivity index (χ0n) is 15.6. The van der Waals surface area contributed by atoms with E-state index in [1.54, 1.807) is 0 Å². The summed E-state index contributed by atoms with van der Waals surface area (Å²) >= 11 is 0. The van der Waals surface area contributed by atoms with Crippen LogP contribution in [0.1, 0.15) is 78.1 Å². The van der Waals surface area contributed by atoms with E-state index < -0.39 is 0 Å². The Morgan fingerprint density at radius 1 is 0.920 bits per heavy atom. The second-order valence-corrected chi connectivity index (χ2v) is 9.93. The molecule has 0 unspecified atom stereocenters. The maximum atomic E-state index is 11.9. The van der Waals surface area contributed by atoms with Crippen LogP contribution in [0.4, 0.5) is 0 Å². The maximum Gasteiger partial charge on any atom is 0.306 e. The fraction of sp³-hybridized carbons (Fsp3) is 0.818. The molecule has 25 heavy (non-hydrogen) atoms. The Morgan fingerprint density at radius 2 is 1.72 bits per heavy atom. The lowest BCUT2D eigenvalue weighted by molar-refractivity contribution is -0.168. The molecule has 1 saturated heterocycles. The van der Waals surface area contributed by atoms with Gasteiger partial charge >= 0.3 is 5.97 Å². The number of hydrogen-bond acceptors (Lipinski definition) is 3. The SMILES string of the molecule is C[C@]12CCC(=O)C=C1CC[C@H]1[C@H]3CC[C@@]4(CCC(=O)O4)[C@]3(C)CC[C@@H]12. The Morgan fingerprint density at radius 3 is 2.48 bits per heavy atom. The third kappa shape index (κ3) is 1.93. The zero-order valence-corrected chi connectivity index (χ0v) is 15.6. The number of ether oxygens (including phenoxy) is 1. The molecule has 0 aromatic rings. The van der Waals surface area contributed by atoms with Crippen molar-refractivity contribution in [1.82, 2.24) is 0 Å². The monoisotopic (exact) mass is 342 g/mol. The predicted molar refractivity (Wildman–Crippen MR) is 94.8 cm³/mol. The molecular weight excluding hydrogens is 312 g/mol. The number of hydrogen-bond donors (Lipinski definition) is 0. The summed E-state index contributed by atoms with van der Waals surface area (Å²) in [5, 5.41) is 0. The van der Waals surface area contributed by atoms with Gasteiger partial charge in [-0.25, -0.2) is 0 Å². The summed E-state index contributed by atoms with van der Waals surface area (Å²) in [6.45, 7) is 4.86. The molecule has 0 radical (unpaired) electrons. The van der Waals surface area contributed by atoms with Gasteiger partial charge in [0.05, 0.1) is 0 Å². The van der Waals surface area contributed by atoms with Crippen molar-refractivity contribution < 1.29 is 14.3 Å². The van der Waals surface area contributed by atoms with E-state index in [4.69, 9.17) is 4.74 Å². The van der Waals surface area contributed by atoms with Crippen LogP contribution in [0.2, 0.25) is 0 Å².